The first-order valence-corrected chi connectivity index (χ1v) is 10.7. The van der Waals surface area contributed by atoms with Crippen molar-refractivity contribution >= 4 is 42.2 Å². The summed E-state index contributed by atoms with van der Waals surface area (Å²) in [6.07, 6.45) is 1.72. The van der Waals surface area contributed by atoms with Gasteiger partial charge in [0.2, 0.25) is 0 Å². The summed E-state index contributed by atoms with van der Waals surface area (Å²) in [6.45, 7) is 5.34. The van der Waals surface area contributed by atoms with Crippen LogP contribution in [0.1, 0.15) is 21.7 Å². The average molecular weight is 446 g/mol. The predicted molar refractivity (Wildman–Crippen MR) is 104 cm³/mol. The second-order valence-corrected chi connectivity index (χ2v) is 9.02. The van der Waals surface area contributed by atoms with Gasteiger partial charge in [-0.15, -0.1) is 0 Å². The van der Waals surface area contributed by atoms with Gasteiger partial charge in [0.1, 0.15) is 0 Å². The third-order valence-electron chi connectivity index (χ3n) is 4.63. The fraction of sp³-hybridized carbons (Fsp3) is 0.211. The first-order chi connectivity index (χ1) is 13.0. The van der Waals surface area contributed by atoms with E-state index in [1.165, 1.54) is 12.1 Å². The van der Waals surface area contributed by atoms with E-state index in [0.717, 1.165) is 33.4 Å². The van der Waals surface area contributed by atoms with Gasteiger partial charge in [-0.05, 0) is 0 Å². The molecule has 0 spiro atoms. The SMILES string of the molecule is Cc1c(-c2ccnc([As]c3ccc(F)cc3Cl)n2)c(C)n2c1C(=O)NCC2. The zero-order valence-corrected chi connectivity index (χ0v) is 17.4. The van der Waals surface area contributed by atoms with Crippen LogP contribution in [0.25, 0.3) is 11.3 Å². The van der Waals surface area contributed by atoms with E-state index in [2.05, 4.69) is 14.9 Å². The molecule has 0 unspecified atom stereocenters. The van der Waals surface area contributed by atoms with Crippen LogP contribution < -0.4 is 14.3 Å². The summed E-state index contributed by atoms with van der Waals surface area (Å²) >= 11 is 5.57. The van der Waals surface area contributed by atoms with Gasteiger partial charge in [0.15, 0.2) is 0 Å². The van der Waals surface area contributed by atoms with Gasteiger partial charge in [-0.1, -0.05) is 0 Å². The van der Waals surface area contributed by atoms with E-state index >= 15 is 0 Å². The molecule has 1 N–H and O–H groups in total. The van der Waals surface area contributed by atoms with E-state index in [0.29, 0.717) is 21.9 Å². The molecule has 27 heavy (non-hydrogen) atoms. The molecule has 1 radical (unpaired) electrons. The Labute approximate surface area is 167 Å². The Balaban J connectivity index is 1.74. The Bertz CT molecular complexity index is 1070. The zero-order valence-electron chi connectivity index (χ0n) is 14.8. The van der Waals surface area contributed by atoms with Gasteiger partial charge in [0.05, 0.1) is 0 Å². The van der Waals surface area contributed by atoms with Gasteiger partial charge in [0.25, 0.3) is 0 Å². The number of carbonyl (C=O) groups is 1. The summed E-state index contributed by atoms with van der Waals surface area (Å²) in [7, 11) is 0. The molecule has 8 heteroatoms. The molecule has 137 valence electrons. The fourth-order valence-corrected chi connectivity index (χ4v) is 5.53. The molecule has 1 aliphatic heterocycles. The van der Waals surface area contributed by atoms with Crippen LogP contribution in [0.3, 0.4) is 0 Å². The molecule has 2 aromatic heterocycles. The van der Waals surface area contributed by atoms with E-state index < -0.39 is 15.8 Å². The number of amides is 1. The first kappa shape index (κ1) is 18.2. The van der Waals surface area contributed by atoms with Crippen molar-refractivity contribution in [2.24, 2.45) is 0 Å². The Kier molecular flexibility index (Phi) is 4.79. The van der Waals surface area contributed by atoms with Crippen molar-refractivity contribution in [1.29, 1.82) is 0 Å². The minimum absolute atomic E-state index is 0.0493. The summed E-state index contributed by atoms with van der Waals surface area (Å²) in [5.41, 5.74) is 4.41. The van der Waals surface area contributed by atoms with Crippen molar-refractivity contribution in [3.63, 3.8) is 0 Å². The maximum atomic E-state index is 13.3. The molecule has 1 amide bonds. The molecule has 1 aliphatic rings. The Morgan fingerprint density at radius 3 is 2.85 bits per heavy atom. The standard InChI is InChI=1S/C19H16AsClFN4O/c1-10-16(11(2)26-8-7-23-18(27)17(10)26)15-5-6-24-19(25-15)20-13-4-3-12(22)9-14(13)21/h3-6,9H,7-8H2,1-2H3,(H,23,27). The maximum absolute atomic E-state index is 13.3. The van der Waals surface area contributed by atoms with Crippen molar-refractivity contribution in [3.05, 3.63) is 58.3 Å². The zero-order chi connectivity index (χ0) is 19.1. The van der Waals surface area contributed by atoms with Gasteiger partial charge in [-0.3, -0.25) is 0 Å². The van der Waals surface area contributed by atoms with Crippen molar-refractivity contribution in [3.8, 4) is 11.3 Å². The Morgan fingerprint density at radius 2 is 2.11 bits per heavy atom. The topological polar surface area (TPSA) is 59.8 Å². The van der Waals surface area contributed by atoms with E-state index in [1.807, 2.05) is 19.9 Å². The molecule has 3 aromatic rings. The van der Waals surface area contributed by atoms with Crippen molar-refractivity contribution in [1.82, 2.24) is 19.9 Å². The molecule has 0 saturated carbocycles. The normalized spacial score (nSPS) is 13.9. The van der Waals surface area contributed by atoms with Gasteiger partial charge < -0.3 is 0 Å². The van der Waals surface area contributed by atoms with Gasteiger partial charge in [0, 0.05) is 0 Å². The first-order valence-electron chi connectivity index (χ1n) is 8.44. The molecular formula is C19H16AsClFN4O. The second kappa shape index (κ2) is 7.10. The van der Waals surface area contributed by atoms with Gasteiger partial charge in [-0.2, -0.15) is 0 Å². The number of nitrogens with one attached hydrogen (secondary N) is 1. The van der Waals surface area contributed by atoms with Crippen LogP contribution in [0, 0.1) is 19.7 Å². The monoisotopic (exact) mass is 445 g/mol. The Morgan fingerprint density at radius 1 is 1.30 bits per heavy atom. The minimum atomic E-state index is -0.577. The number of fused-ring (bicyclic) bond motifs is 1. The summed E-state index contributed by atoms with van der Waals surface area (Å²) in [4.78, 5) is 21.4. The van der Waals surface area contributed by atoms with Gasteiger partial charge in [-0.25, -0.2) is 0 Å². The average Bonchev–Trinajstić information content (AvgIpc) is 2.90. The molecule has 5 nitrogen and oxygen atoms in total. The second-order valence-electron chi connectivity index (χ2n) is 6.29. The molecule has 4 rings (SSSR count). The summed E-state index contributed by atoms with van der Waals surface area (Å²) in [5.74, 6) is -0.407. The van der Waals surface area contributed by atoms with E-state index in [1.54, 1.807) is 12.3 Å². The van der Waals surface area contributed by atoms with Crippen LogP contribution in [0.2, 0.25) is 5.02 Å². The number of hydrogen-bond acceptors (Lipinski definition) is 3. The van der Waals surface area contributed by atoms with Crippen LogP contribution in [0.15, 0.2) is 30.5 Å². The van der Waals surface area contributed by atoms with Crippen LogP contribution in [-0.2, 0) is 6.54 Å². The van der Waals surface area contributed by atoms with E-state index in [-0.39, 0.29) is 11.7 Å². The third-order valence-corrected chi connectivity index (χ3v) is 7.43. The number of nitrogens with zero attached hydrogens (tertiary/aromatic N) is 3. The number of aromatic nitrogens is 3. The van der Waals surface area contributed by atoms with Crippen molar-refractivity contribution < 1.29 is 9.18 Å². The molecule has 0 saturated heterocycles. The number of hydrogen-bond donors (Lipinski definition) is 1. The molecular weight excluding hydrogens is 430 g/mol. The van der Waals surface area contributed by atoms with Crippen molar-refractivity contribution in [2.45, 2.75) is 20.4 Å². The number of carbonyl (C=O) groups excluding carboxylic acids is 1. The fourth-order valence-electron chi connectivity index (χ4n) is 3.43. The summed E-state index contributed by atoms with van der Waals surface area (Å²) in [5, 5.41) is 3.29. The van der Waals surface area contributed by atoms with Crippen LogP contribution in [0.4, 0.5) is 4.39 Å². The molecule has 0 atom stereocenters. The van der Waals surface area contributed by atoms with E-state index in [9.17, 15) is 9.18 Å². The number of benzene rings is 1. The molecule has 0 fully saturated rings. The molecule has 0 aliphatic carbocycles. The third kappa shape index (κ3) is 3.28. The Hall–Kier alpha value is -2.17. The van der Waals surface area contributed by atoms with Gasteiger partial charge >= 0.3 is 168 Å². The quantitative estimate of drug-likeness (QED) is 0.625. The summed E-state index contributed by atoms with van der Waals surface area (Å²) in [6, 6.07) is 6.25. The predicted octanol–water partition coefficient (Wildman–Crippen LogP) is 1.75. The summed E-state index contributed by atoms with van der Waals surface area (Å²) < 4.78 is 16.9. The van der Waals surface area contributed by atoms with E-state index in [4.69, 9.17) is 16.6 Å². The van der Waals surface area contributed by atoms with Crippen LogP contribution in [0.5, 0.6) is 0 Å². The van der Waals surface area contributed by atoms with Crippen LogP contribution in [-0.4, -0.2) is 42.7 Å². The molecule has 0 bridgehead atoms. The number of rotatable bonds is 3. The number of halogens is 2. The molecule has 3 heterocycles. The van der Waals surface area contributed by atoms with Crippen molar-refractivity contribution in [2.75, 3.05) is 6.54 Å². The molecule has 1 aromatic carbocycles. The van der Waals surface area contributed by atoms with Crippen LogP contribution >= 0.6 is 11.6 Å².